The second-order valence-electron chi connectivity index (χ2n) is 5.12. The SMILES string of the molecule is COc1ccc2c(c1)CCCC2(N)c1ncc(C)s1. The van der Waals surface area contributed by atoms with Crippen LogP contribution in [0.4, 0.5) is 0 Å². The van der Waals surface area contributed by atoms with Crippen LogP contribution < -0.4 is 10.5 Å². The average molecular weight is 274 g/mol. The number of thiazole rings is 1. The Morgan fingerprint density at radius 2 is 2.26 bits per heavy atom. The number of ether oxygens (including phenoxy) is 1. The van der Waals surface area contributed by atoms with E-state index in [4.69, 9.17) is 10.5 Å². The van der Waals surface area contributed by atoms with Gasteiger partial charge in [0, 0.05) is 11.1 Å². The van der Waals surface area contributed by atoms with E-state index in [1.54, 1.807) is 18.4 Å². The lowest BCUT2D eigenvalue weighted by atomic mass is 9.77. The summed E-state index contributed by atoms with van der Waals surface area (Å²) in [6.07, 6.45) is 5.02. The predicted molar refractivity (Wildman–Crippen MR) is 77.8 cm³/mol. The van der Waals surface area contributed by atoms with Gasteiger partial charge in [0.15, 0.2) is 0 Å². The van der Waals surface area contributed by atoms with Gasteiger partial charge in [-0.25, -0.2) is 4.98 Å². The Morgan fingerprint density at radius 1 is 1.42 bits per heavy atom. The third-order valence-electron chi connectivity index (χ3n) is 3.81. The fourth-order valence-electron chi connectivity index (χ4n) is 2.81. The first-order chi connectivity index (χ1) is 9.13. The smallest absolute Gasteiger partial charge is 0.119 e. The summed E-state index contributed by atoms with van der Waals surface area (Å²) in [5.74, 6) is 0.901. The number of benzene rings is 1. The molecule has 3 nitrogen and oxygen atoms in total. The molecule has 0 radical (unpaired) electrons. The molecule has 1 heterocycles. The van der Waals surface area contributed by atoms with Gasteiger partial charge in [0.25, 0.3) is 0 Å². The molecular weight excluding hydrogens is 256 g/mol. The summed E-state index contributed by atoms with van der Waals surface area (Å²) in [4.78, 5) is 5.72. The van der Waals surface area contributed by atoms with E-state index >= 15 is 0 Å². The van der Waals surface area contributed by atoms with E-state index in [-0.39, 0.29) is 0 Å². The van der Waals surface area contributed by atoms with E-state index in [0.717, 1.165) is 30.0 Å². The highest BCUT2D eigenvalue weighted by Crippen LogP contribution is 2.41. The lowest BCUT2D eigenvalue weighted by Crippen LogP contribution is -2.41. The molecule has 3 rings (SSSR count). The molecule has 2 N–H and O–H groups in total. The van der Waals surface area contributed by atoms with Crippen LogP contribution in [0.2, 0.25) is 0 Å². The molecule has 19 heavy (non-hydrogen) atoms. The monoisotopic (exact) mass is 274 g/mol. The molecule has 1 aliphatic rings. The van der Waals surface area contributed by atoms with E-state index in [9.17, 15) is 0 Å². The van der Waals surface area contributed by atoms with Crippen molar-refractivity contribution in [3.05, 3.63) is 45.4 Å². The van der Waals surface area contributed by atoms with Gasteiger partial charge in [0.1, 0.15) is 10.8 Å². The maximum Gasteiger partial charge on any atom is 0.119 e. The zero-order chi connectivity index (χ0) is 13.5. The number of aryl methyl sites for hydroxylation is 2. The maximum atomic E-state index is 6.70. The molecule has 4 heteroatoms. The molecule has 0 spiro atoms. The van der Waals surface area contributed by atoms with Crippen LogP contribution in [-0.4, -0.2) is 12.1 Å². The van der Waals surface area contributed by atoms with Gasteiger partial charge in [-0.1, -0.05) is 6.07 Å². The predicted octanol–water partition coefficient (Wildman–Crippen LogP) is 3.00. The number of rotatable bonds is 2. The van der Waals surface area contributed by atoms with Gasteiger partial charge in [-0.05, 0) is 49.4 Å². The molecule has 0 amide bonds. The number of hydrogen-bond donors (Lipinski definition) is 1. The Kier molecular flexibility index (Phi) is 3.07. The van der Waals surface area contributed by atoms with Crippen LogP contribution in [0.25, 0.3) is 0 Å². The summed E-state index contributed by atoms with van der Waals surface area (Å²) >= 11 is 1.70. The average Bonchev–Trinajstić information content (AvgIpc) is 2.86. The minimum atomic E-state index is -0.432. The Morgan fingerprint density at radius 3 is 2.95 bits per heavy atom. The van der Waals surface area contributed by atoms with Gasteiger partial charge >= 0.3 is 0 Å². The zero-order valence-corrected chi connectivity index (χ0v) is 12.1. The maximum absolute atomic E-state index is 6.70. The van der Waals surface area contributed by atoms with Gasteiger partial charge < -0.3 is 10.5 Å². The van der Waals surface area contributed by atoms with Crippen molar-refractivity contribution in [1.29, 1.82) is 0 Å². The van der Waals surface area contributed by atoms with Crippen LogP contribution in [0.1, 0.15) is 33.9 Å². The first kappa shape index (κ1) is 12.6. The fourth-order valence-corrected chi connectivity index (χ4v) is 3.72. The highest BCUT2D eigenvalue weighted by atomic mass is 32.1. The highest BCUT2D eigenvalue weighted by molar-refractivity contribution is 7.11. The lowest BCUT2D eigenvalue weighted by molar-refractivity contribution is 0.407. The second kappa shape index (κ2) is 4.62. The summed E-state index contributed by atoms with van der Waals surface area (Å²) in [6.45, 7) is 2.07. The third kappa shape index (κ3) is 2.05. The normalized spacial score (nSPS) is 22.1. The molecule has 0 aliphatic heterocycles. The number of methoxy groups -OCH3 is 1. The molecule has 0 bridgehead atoms. The van der Waals surface area contributed by atoms with Crippen molar-refractivity contribution in [3.8, 4) is 5.75 Å². The molecule has 100 valence electrons. The first-order valence-electron chi connectivity index (χ1n) is 6.52. The molecule has 1 unspecified atom stereocenters. The summed E-state index contributed by atoms with van der Waals surface area (Å²) < 4.78 is 5.30. The van der Waals surface area contributed by atoms with E-state index in [2.05, 4.69) is 24.0 Å². The minimum absolute atomic E-state index is 0.432. The van der Waals surface area contributed by atoms with Crippen LogP contribution in [-0.2, 0) is 12.0 Å². The van der Waals surface area contributed by atoms with Crippen LogP contribution in [0, 0.1) is 6.92 Å². The molecule has 1 atom stereocenters. The number of fused-ring (bicyclic) bond motifs is 1. The number of hydrogen-bond acceptors (Lipinski definition) is 4. The van der Waals surface area contributed by atoms with Crippen molar-refractivity contribution in [2.24, 2.45) is 5.73 Å². The first-order valence-corrected chi connectivity index (χ1v) is 7.34. The molecular formula is C15H18N2OS. The standard InChI is InChI=1S/C15H18N2OS/c1-10-9-17-14(19-10)15(16)7-3-4-11-8-12(18-2)5-6-13(11)15/h5-6,8-9H,3-4,7,16H2,1-2H3. The van der Waals surface area contributed by atoms with Crippen LogP contribution in [0.15, 0.2) is 24.4 Å². The lowest BCUT2D eigenvalue weighted by Gasteiger charge is -2.34. The molecule has 1 aliphatic carbocycles. The Bertz CT molecular complexity index is 608. The van der Waals surface area contributed by atoms with Crippen molar-refractivity contribution in [2.45, 2.75) is 31.7 Å². The number of nitrogens with zero attached hydrogens (tertiary/aromatic N) is 1. The number of nitrogens with two attached hydrogens (primary N) is 1. The molecule has 0 fully saturated rings. The van der Waals surface area contributed by atoms with E-state index in [1.807, 2.05) is 12.3 Å². The highest BCUT2D eigenvalue weighted by Gasteiger charge is 2.36. The van der Waals surface area contributed by atoms with Gasteiger partial charge in [0.05, 0.1) is 12.6 Å². The third-order valence-corrected chi connectivity index (χ3v) is 4.90. The van der Waals surface area contributed by atoms with Gasteiger partial charge in [-0.2, -0.15) is 0 Å². The van der Waals surface area contributed by atoms with Gasteiger partial charge in [-0.3, -0.25) is 0 Å². The van der Waals surface area contributed by atoms with E-state index < -0.39 is 5.54 Å². The van der Waals surface area contributed by atoms with Crippen LogP contribution >= 0.6 is 11.3 Å². The zero-order valence-electron chi connectivity index (χ0n) is 11.3. The van der Waals surface area contributed by atoms with Crippen molar-refractivity contribution in [1.82, 2.24) is 4.98 Å². The number of aromatic nitrogens is 1. The fraction of sp³-hybridized carbons (Fsp3) is 0.400. The quantitative estimate of drug-likeness (QED) is 0.915. The Labute approximate surface area is 117 Å². The van der Waals surface area contributed by atoms with Gasteiger partial charge in [0.2, 0.25) is 0 Å². The Hall–Kier alpha value is -1.39. The summed E-state index contributed by atoms with van der Waals surface area (Å²) in [5, 5.41) is 1.02. The van der Waals surface area contributed by atoms with Crippen molar-refractivity contribution >= 4 is 11.3 Å². The molecule has 1 aromatic heterocycles. The minimum Gasteiger partial charge on any atom is -0.497 e. The molecule has 2 aromatic rings. The van der Waals surface area contributed by atoms with Crippen LogP contribution in [0.3, 0.4) is 0 Å². The summed E-state index contributed by atoms with van der Waals surface area (Å²) in [6, 6.07) is 6.20. The summed E-state index contributed by atoms with van der Waals surface area (Å²) in [5.41, 5.74) is 8.77. The van der Waals surface area contributed by atoms with E-state index in [0.29, 0.717) is 0 Å². The second-order valence-corrected chi connectivity index (χ2v) is 6.36. The van der Waals surface area contributed by atoms with E-state index in [1.165, 1.54) is 16.0 Å². The molecule has 0 saturated heterocycles. The van der Waals surface area contributed by atoms with Crippen LogP contribution in [0.5, 0.6) is 5.75 Å². The summed E-state index contributed by atoms with van der Waals surface area (Å²) in [7, 11) is 1.70. The Balaban J connectivity index is 2.11. The largest absolute Gasteiger partial charge is 0.497 e. The molecule has 0 saturated carbocycles. The van der Waals surface area contributed by atoms with Crippen molar-refractivity contribution in [3.63, 3.8) is 0 Å². The molecule has 1 aromatic carbocycles. The van der Waals surface area contributed by atoms with Crippen molar-refractivity contribution < 1.29 is 4.74 Å². The van der Waals surface area contributed by atoms with Gasteiger partial charge in [-0.15, -0.1) is 11.3 Å². The van der Waals surface area contributed by atoms with Crippen molar-refractivity contribution in [2.75, 3.05) is 7.11 Å². The topological polar surface area (TPSA) is 48.1 Å².